The summed E-state index contributed by atoms with van der Waals surface area (Å²) in [4.78, 5) is 11.5. The third-order valence-corrected chi connectivity index (χ3v) is 4.71. The number of rotatable bonds is 4. The van der Waals surface area contributed by atoms with E-state index in [9.17, 15) is 17.6 Å². The van der Waals surface area contributed by atoms with Crippen molar-refractivity contribution in [3.05, 3.63) is 47.8 Å². The van der Waals surface area contributed by atoms with E-state index in [1.807, 2.05) is 0 Å². The average molecular weight is 379 g/mol. The fraction of sp³-hybridized carbons (Fsp3) is 0.389. The molecule has 4 rings (SSSR count). The van der Waals surface area contributed by atoms with Crippen molar-refractivity contribution in [1.29, 1.82) is 0 Å². The average Bonchev–Trinajstić information content (AvgIpc) is 3.26. The van der Waals surface area contributed by atoms with E-state index < -0.39 is 17.8 Å². The highest BCUT2D eigenvalue weighted by atomic mass is 19.4. The second kappa shape index (κ2) is 6.79. The van der Waals surface area contributed by atoms with Gasteiger partial charge < -0.3 is 9.88 Å². The van der Waals surface area contributed by atoms with Crippen molar-refractivity contribution in [1.82, 2.24) is 19.5 Å². The zero-order valence-corrected chi connectivity index (χ0v) is 14.3. The predicted molar refractivity (Wildman–Crippen MR) is 91.7 cm³/mol. The number of fused-ring (bicyclic) bond motifs is 1. The number of anilines is 1. The van der Waals surface area contributed by atoms with E-state index >= 15 is 0 Å². The summed E-state index contributed by atoms with van der Waals surface area (Å²) in [5, 5.41) is 3.08. The first-order valence-corrected chi connectivity index (χ1v) is 8.72. The second-order valence-corrected chi connectivity index (χ2v) is 6.66. The van der Waals surface area contributed by atoms with Gasteiger partial charge in [0.25, 0.3) is 0 Å². The zero-order valence-electron chi connectivity index (χ0n) is 14.3. The molecule has 1 N–H and O–H groups in total. The molecule has 0 radical (unpaired) electrons. The van der Waals surface area contributed by atoms with Crippen LogP contribution in [0.1, 0.15) is 37.1 Å². The van der Waals surface area contributed by atoms with Crippen molar-refractivity contribution >= 4 is 17.0 Å². The first-order valence-electron chi connectivity index (χ1n) is 8.72. The molecule has 5 nitrogen and oxygen atoms in total. The van der Waals surface area contributed by atoms with E-state index in [1.54, 1.807) is 18.2 Å². The summed E-state index contributed by atoms with van der Waals surface area (Å²) < 4.78 is 55.2. The SMILES string of the molecule is Fc1ccccc1Cn1cnc2c(NC3CCCC3)nc(C(F)(F)F)nc21. The van der Waals surface area contributed by atoms with Crippen LogP contribution in [0, 0.1) is 5.82 Å². The molecule has 1 saturated carbocycles. The lowest BCUT2D eigenvalue weighted by molar-refractivity contribution is -0.144. The molecule has 1 fully saturated rings. The van der Waals surface area contributed by atoms with Crippen LogP contribution in [0.25, 0.3) is 11.2 Å². The number of halogens is 4. The molecular weight excluding hydrogens is 362 g/mol. The Bertz CT molecular complexity index is 960. The van der Waals surface area contributed by atoms with Crippen molar-refractivity contribution in [2.45, 2.75) is 44.4 Å². The molecule has 1 aliphatic carbocycles. The second-order valence-electron chi connectivity index (χ2n) is 6.66. The molecule has 0 spiro atoms. The predicted octanol–water partition coefficient (Wildman–Crippen LogP) is 4.39. The van der Waals surface area contributed by atoms with Crippen LogP contribution in [-0.4, -0.2) is 25.6 Å². The number of hydrogen-bond donors (Lipinski definition) is 1. The Labute approximate surface area is 152 Å². The summed E-state index contributed by atoms with van der Waals surface area (Å²) in [6.07, 6.45) is 0.490. The van der Waals surface area contributed by atoms with Gasteiger partial charge in [0.2, 0.25) is 5.82 Å². The van der Waals surface area contributed by atoms with Gasteiger partial charge in [-0.1, -0.05) is 31.0 Å². The number of nitrogens with zero attached hydrogens (tertiary/aromatic N) is 4. The van der Waals surface area contributed by atoms with Gasteiger partial charge in [0.05, 0.1) is 12.9 Å². The van der Waals surface area contributed by atoms with E-state index in [0.29, 0.717) is 5.56 Å². The van der Waals surface area contributed by atoms with E-state index in [1.165, 1.54) is 17.0 Å². The maximum absolute atomic E-state index is 13.9. The van der Waals surface area contributed by atoms with Gasteiger partial charge in [-0.25, -0.2) is 19.3 Å². The smallest absolute Gasteiger partial charge is 0.365 e. The van der Waals surface area contributed by atoms with Crippen LogP contribution in [-0.2, 0) is 12.7 Å². The topological polar surface area (TPSA) is 55.6 Å². The Morgan fingerprint density at radius 3 is 2.56 bits per heavy atom. The highest BCUT2D eigenvalue weighted by Crippen LogP contribution is 2.31. The summed E-state index contributed by atoms with van der Waals surface area (Å²) in [6, 6.07) is 6.17. The lowest BCUT2D eigenvalue weighted by Gasteiger charge is -2.15. The number of hydrogen-bond acceptors (Lipinski definition) is 4. The Hall–Kier alpha value is -2.71. The first kappa shape index (κ1) is 17.7. The van der Waals surface area contributed by atoms with Crippen LogP contribution in [0.15, 0.2) is 30.6 Å². The highest BCUT2D eigenvalue weighted by molar-refractivity contribution is 5.83. The van der Waals surface area contributed by atoms with E-state index in [-0.39, 0.29) is 29.6 Å². The van der Waals surface area contributed by atoms with Gasteiger partial charge >= 0.3 is 6.18 Å². The molecule has 1 aliphatic rings. The Morgan fingerprint density at radius 2 is 1.85 bits per heavy atom. The van der Waals surface area contributed by atoms with Crippen LogP contribution in [0.5, 0.6) is 0 Å². The van der Waals surface area contributed by atoms with Crippen molar-refractivity contribution < 1.29 is 17.6 Å². The minimum atomic E-state index is -4.69. The fourth-order valence-electron chi connectivity index (χ4n) is 3.36. The van der Waals surface area contributed by atoms with Gasteiger partial charge in [0.1, 0.15) is 11.3 Å². The van der Waals surface area contributed by atoms with Gasteiger partial charge in [-0.05, 0) is 18.9 Å². The molecule has 0 saturated heterocycles. The number of aromatic nitrogens is 4. The van der Waals surface area contributed by atoms with Gasteiger partial charge in [-0.15, -0.1) is 0 Å². The molecular formula is C18H17F4N5. The molecule has 0 atom stereocenters. The minimum Gasteiger partial charge on any atom is -0.365 e. The van der Waals surface area contributed by atoms with Gasteiger partial charge in [0, 0.05) is 11.6 Å². The third-order valence-electron chi connectivity index (χ3n) is 4.71. The van der Waals surface area contributed by atoms with Gasteiger partial charge in [0.15, 0.2) is 11.5 Å². The molecule has 0 unspecified atom stereocenters. The third kappa shape index (κ3) is 3.58. The summed E-state index contributed by atoms with van der Waals surface area (Å²) in [6.45, 7) is 0.0281. The standard InChI is InChI=1S/C18H17F4N5/c19-13-8-4-1-5-11(13)9-27-10-23-14-15(24-12-6-2-3-7-12)25-17(18(20,21)22)26-16(14)27/h1,4-5,8,10,12H,2-3,6-7,9H2,(H,24,25,26). The van der Waals surface area contributed by atoms with E-state index in [0.717, 1.165) is 25.7 Å². The summed E-state index contributed by atoms with van der Waals surface area (Å²) in [5.74, 6) is -1.59. The Kier molecular flexibility index (Phi) is 4.45. The first-order chi connectivity index (χ1) is 12.9. The van der Waals surface area contributed by atoms with Crippen LogP contribution in [0.4, 0.5) is 23.4 Å². The lowest BCUT2D eigenvalue weighted by Crippen LogP contribution is -2.19. The summed E-state index contributed by atoms with van der Waals surface area (Å²) in [5.41, 5.74) is 0.626. The van der Waals surface area contributed by atoms with Crippen molar-refractivity contribution in [2.75, 3.05) is 5.32 Å². The van der Waals surface area contributed by atoms with Crippen LogP contribution in [0.2, 0.25) is 0 Å². The summed E-state index contributed by atoms with van der Waals surface area (Å²) in [7, 11) is 0. The van der Waals surface area contributed by atoms with Crippen molar-refractivity contribution in [2.24, 2.45) is 0 Å². The van der Waals surface area contributed by atoms with Crippen LogP contribution in [0.3, 0.4) is 0 Å². The van der Waals surface area contributed by atoms with Crippen molar-refractivity contribution in [3.8, 4) is 0 Å². The minimum absolute atomic E-state index is 0.0281. The molecule has 27 heavy (non-hydrogen) atoms. The Morgan fingerprint density at radius 1 is 1.11 bits per heavy atom. The molecule has 1 aromatic carbocycles. The monoisotopic (exact) mass is 379 g/mol. The quantitative estimate of drug-likeness (QED) is 0.684. The Balaban J connectivity index is 1.78. The lowest BCUT2D eigenvalue weighted by atomic mass is 10.2. The molecule has 0 bridgehead atoms. The molecule has 142 valence electrons. The van der Waals surface area contributed by atoms with E-state index in [2.05, 4.69) is 20.3 Å². The molecule has 2 heterocycles. The summed E-state index contributed by atoms with van der Waals surface area (Å²) >= 11 is 0. The van der Waals surface area contributed by atoms with Crippen LogP contribution < -0.4 is 5.32 Å². The molecule has 0 aliphatic heterocycles. The normalized spacial score (nSPS) is 15.6. The fourth-order valence-corrected chi connectivity index (χ4v) is 3.36. The van der Waals surface area contributed by atoms with Gasteiger partial charge in [-0.2, -0.15) is 13.2 Å². The largest absolute Gasteiger partial charge is 0.451 e. The number of imidazole rings is 1. The maximum atomic E-state index is 13.9. The van der Waals surface area contributed by atoms with Crippen molar-refractivity contribution in [3.63, 3.8) is 0 Å². The molecule has 2 aromatic heterocycles. The molecule has 0 amide bonds. The van der Waals surface area contributed by atoms with Gasteiger partial charge in [-0.3, -0.25) is 0 Å². The van der Waals surface area contributed by atoms with E-state index in [4.69, 9.17) is 0 Å². The number of alkyl halides is 3. The zero-order chi connectivity index (χ0) is 19.0. The maximum Gasteiger partial charge on any atom is 0.451 e. The number of benzene rings is 1. The molecule has 9 heteroatoms. The number of nitrogens with one attached hydrogen (secondary N) is 1. The van der Waals surface area contributed by atoms with Crippen LogP contribution >= 0.6 is 0 Å². The molecule has 3 aromatic rings. The highest BCUT2D eigenvalue weighted by Gasteiger charge is 2.36.